The van der Waals surface area contributed by atoms with E-state index in [1.807, 2.05) is 0 Å². The van der Waals surface area contributed by atoms with Crippen LogP contribution in [0.25, 0.3) is 0 Å². The smallest absolute Gasteiger partial charge is 0.282 e. The van der Waals surface area contributed by atoms with Gasteiger partial charge in [0.15, 0.2) is 11.6 Å². The molecule has 1 N–H and O–H groups in total. The Morgan fingerprint density at radius 2 is 1.85 bits per heavy atom. The molecule has 0 aliphatic rings. The lowest BCUT2D eigenvalue weighted by Gasteiger charge is -2.01. The molecule has 1 aromatic rings. The van der Waals surface area contributed by atoms with Gasteiger partial charge < -0.3 is 0 Å². The van der Waals surface area contributed by atoms with Gasteiger partial charge in [0.05, 0.1) is 0 Å². The number of hydrogen-bond acceptors (Lipinski definition) is 2. The fourth-order valence-electron chi connectivity index (χ4n) is 0.707. The largest absolute Gasteiger partial charge is 0.296 e. The lowest BCUT2D eigenvalue weighted by atomic mass is 10.3. The molecule has 0 saturated heterocycles. The molecule has 0 atom stereocenters. The molecule has 3 nitrogen and oxygen atoms in total. The third kappa shape index (κ3) is 1.96. The predicted molar refractivity (Wildman–Crippen MR) is 41.2 cm³/mol. The average Bonchev–Trinajstić information content (AvgIpc) is 1.98. The normalized spacial score (nSPS) is 11.7. The van der Waals surface area contributed by atoms with Crippen molar-refractivity contribution in [3.8, 4) is 0 Å². The molecule has 72 valence electrons. The van der Waals surface area contributed by atoms with Crippen molar-refractivity contribution in [1.82, 2.24) is 0 Å². The van der Waals surface area contributed by atoms with Gasteiger partial charge in [-0.25, -0.2) is 8.78 Å². The van der Waals surface area contributed by atoms with E-state index in [4.69, 9.17) is 16.2 Å². The van der Waals surface area contributed by atoms with Crippen LogP contribution in [0.4, 0.5) is 8.78 Å². The minimum absolute atomic E-state index is 0.560. The van der Waals surface area contributed by atoms with E-state index in [0.29, 0.717) is 12.1 Å². The lowest BCUT2D eigenvalue weighted by molar-refractivity contribution is 0.477. The van der Waals surface area contributed by atoms with Crippen molar-refractivity contribution in [2.75, 3.05) is 0 Å². The predicted octanol–water partition coefficient (Wildman–Crippen LogP) is 1.86. The van der Waals surface area contributed by atoms with Gasteiger partial charge in [0.1, 0.15) is 9.92 Å². The Bertz CT molecular complexity index is 443. The third-order valence-electron chi connectivity index (χ3n) is 1.28. The highest BCUT2D eigenvalue weighted by Crippen LogP contribution is 2.25. The SMILES string of the molecule is O=S(=O)(O)c1ccc(F)c(F)c1Cl. The summed E-state index contributed by atoms with van der Waals surface area (Å²) in [5.41, 5.74) is 0. The number of halogens is 3. The Morgan fingerprint density at radius 3 is 2.31 bits per heavy atom. The fourth-order valence-corrected chi connectivity index (χ4v) is 1.71. The Kier molecular flexibility index (Phi) is 2.56. The molecule has 0 aliphatic heterocycles. The van der Waals surface area contributed by atoms with Crippen molar-refractivity contribution in [3.63, 3.8) is 0 Å². The van der Waals surface area contributed by atoms with Gasteiger partial charge in [-0.05, 0) is 12.1 Å². The van der Waals surface area contributed by atoms with Crippen LogP contribution >= 0.6 is 11.6 Å². The summed E-state index contributed by atoms with van der Waals surface area (Å²) in [5.74, 6) is -2.78. The van der Waals surface area contributed by atoms with E-state index in [-0.39, 0.29) is 0 Å². The highest BCUT2D eigenvalue weighted by molar-refractivity contribution is 7.86. The van der Waals surface area contributed by atoms with Gasteiger partial charge in [0.2, 0.25) is 0 Å². The summed E-state index contributed by atoms with van der Waals surface area (Å²) in [7, 11) is -4.61. The van der Waals surface area contributed by atoms with Crippen LogP contribution in [0.5, 0.6) is 0 Å². The summed E-state index contributed by atoms with van der Waals surface area (Å²) in [4.78, 5) is -0.854. The minimum atomic E-state index is -4.61. The molecule has 0 amide bonds. The van der Waals surface area contributed by atoms with Crippen LogP contribution in [0.1, 0.15) is 0 Å². The molecular formula is C6H3ClF2O3S. The number of hydrogen-bond donors (Lipinski definition) is 1. The first-order valence-electron chi connectivity index (χ1n) is 2.95. The van der Waals surface area contributed by atoms with Crippen LogP contribution in [-0.2, 0) is 10.1 Å². The van der Waals surface area contributed by atoms with E-state index in [2.05, 4.69) is 0 Å². The van der Waals surface area contributed by atoms with Crippen molar-refractivity contribution in [2.24, 2.45) is 0 Å². The molecule has 1 aromatic carbocycles. The Morgan fingerprint density at radius 1 is 1.31 bits per heavy atom. The summed E-state index contributed by atoms with van der Waals surface area (Å²) in [6, 6.07) is 1.24. The highest BCUT2D eigenvalue weighted by atomic mass is 35.5. The zero-order valence-electron chi connectivity index (χ0n) is 5.96. The topological polar surface area (TPSA) is 54.4 Å². The van der Waals surface area contributed by atoms with Crippen LogP contribution in [0.3, 0.4) is 0 Å². The van der Waals surface area contributed by atoms with Gasteiger partial charge >= 0.3 is 0 Å². The lowest BCUT2D eigenvalue weighted by Crippen LogP contribution is -2.01. The first kappa shape index (κ1) is 10.4. The highest BCUT2D eigenvalue weighted by Gasteiger charge is 2.19. The maximum Gasteiger partial charge on any atom is 0.296 e. The van der Waals surface area contributed by atoms with Crippen molar-refractivity contribution < 1.29 is 21.8 Å². The van der Waals surface area contributed by atoms with E-state index in [1.165, 1.54) is 0 Å². The second-order valence-electron chi connectivity index (χ2n) is 2.15. The van der Waals surface area contributed by atoms with E-state index < -0.39 is 31.7 Å². The quantitative estimate of drug-likeness (QED) is 0.590. The molecule has 1 rings (SSSR count). The molecule has 0 spiro atoms. The average molecular weight is 229 g/mol. The van der Waals surface area contributed by atoms with Crippen LogP contribution in [0.2, 0.25) is 5.02 Å². The molecule has 0 aromatic heterocycles. The van der Waals surface area contributed by atoms with Gasteiger partial charge in [-0.2, -0.15) is 8.42 Å². The van der Waals surface area contributed by atoms with E-state index >= 15 is 0 Å². The minimum Gasteiger partial charge on any atom is -0.282 e. The molecule has 0 radical (unpaired) electrons. The third-order valence-corrected chi connectivity index (χ3v) is 2.66. The number of benzene rings is 1. The molecular weight excluding hydrogens is 226 g/mol. The summed E-state index contributed by atoms with van der Waals surface area (Å²) in [6.07, 6.45) is 0. The summed E-state index contributed by atoms with van der Waals surface area (Å²) < 4.78 is 54.5. The maximum absolute atomic E-state index is 12.6. The van der Waals surface area contributed by atoms with E-state index in [1.54, 1.807) is 0 Å². The standard InChI is InChI=1S/C6H3ClF2O3S/c7-5-4(13(10,11)12)2-1-3(8)6(5)9/h1-2H,(H,10,11,12). The Hall–Kier alpha value is -0.720. The Labute approximate surface area is 77.7 Å². The van der Waals surface area contributed by atoms with Gasteiger partial charge in [0.25, 0.3) is 10.1 Å². The molecule has 0 unspecified atom stereocenters. The summed E-state index contributed by atoms with van der Waals surface area (Å²) in [5, 5.41) is -0.956. The van der Waals surface area contributed by atoms with Crippen molar-refractivity contribution in [1.29, 1.82) is 0 Å². The van der Waals surface area contributed by atoms with Crippen molar-refractivity contribution >= 4 is 21.7 Å². The van der Waals surface area contributed by atoms with E-state index in [9.17, 15) is 17.2 Å². The van der Waals surface area contributed by atoms with Crippen LogP contribution in [-0.4, -0.2) is 13.0 Å². The molecule has 0 aliphatic carbocycles. The fraction of sp³-hybridized carbons (Fsp3) is 0. The van der Waals surface area contributed by atoms with Crippen LogP contribution in [0, 0.1) is 11.6 Å². The van der Waals surface area contributed by atoms with Gasteiger partial charge in [0, 0.05) is 0 Å². The maximum atomic E-state index is 12.6. The summed E-state index contributed by atoms with van der Waals surface area (Å²) in [6.45, 7) is 0. The van der Waals surface area contributed by atoms with Crippen LogP contribution < -0.4 is 0 Å². The molecule has 0 saturated carbocycles. The van der Waals surface area contributed by atoms with Crippen molar-refractivity contribution in [3.05, 3.63) is 28.8 Å². The van der Waals surface area contributed by atoms with Gasteiger partial charge in [-0.3, -0.25) is 4.55 Å². The molecule has 0 fully saturated rings. The van der Waals surface area contributed by atoms with Crippen molar-refractivity contribution in [2.45, 2.75) is 4.90 Å². The zero-order valence-corrected chi connectivity index (χ0v) is 7.53. The first-order valence-corrected chi connectivity index (χ1v) is 4.77. The molecule has 13 heavy (non-hydrogen) atoms. The monoisotopic (exact) mass is 228 g/mol. The second-order valence-corrected chi connectivity index (χ2v) is 3.92. The summed E-state index contributed by atoms with van der Waals surface area (Å²) >= 11 is 5.13. The van der Waals surface area contributed by atoms with E-state index in [0.717, 1.165) is 0 Å². The molecule has 7 heteroatoms. The van der Waals surface area contributed by atoms with Gasteiger partial charge in [-0.1, -0.05) is 11.6 Å². The Balaban J connectivity index is 3.53. The second kappa shape index (κ2) is 3.21. The molecule has 0 bridgehead atoms. The number of rotatable bonds is 1. The zero-order chi connectivity index (χ0) is 10.2. The van der Waals surface area contributed by atoms with Crippen LogP contribution in [0.15, 0.2) is 17.0 Å². The first-order chi connectivity index (χ1) is 5.84. The van der Waals surface area contributed by atoms with Gasteiger partial charge in [-0.15, -0.1) is 0 Å². The molecule has 0 heterocycles.